The Hall–Kier alpha value is -0.900. The van der Waals surface area contributed by atoms with Crippen LogP contribution in [-0.4, -0.2) is 27.4 Å². The van der Waals surface area contributed by atoms with Crippen molar-refractivity contribution >= 4 is 0 Å². The summed E-state index contributed by atoms with van der Waals surface area (Å²) in [4.78, 5) is 0. The molecule has 0 aromatic carbocycles. The highest BCUT2D eigenvalue weighted by molar-refractivity contribution is 5.01. The summed E-state index contributed by atoms with van der Waals surface area (Å²) in [6.45, 7) is 9.29. The lowest BCUT2D eigenvalue weighted by atomic mass is 9.91. The first-order chi connectivity index (χ1) is 9.05. The second-order valence-electron chi connectivity index (χ2n) is 7.15. The van der Waals surface area contributed by atoms with Gasteiger partial charge in [0, 0.05) is 32.0 Å². The lowest BCUT2D eigenvalue weighted by Gasteiger charge is -2.18. The minimum Gasteiger partial charge on any atom is -0.315 e. The van der Waals surface area contributed by atoms with Crippen LogP contribution < -0.4 is 5.32 Å². The third-order valence-corrected chi connectivity index (χ3v) is 4.78. The summed E-state index contributed by atoms with van der Waals surface area (Å²) in [6.07, 6.45) is 5.99. The van der Waals surface area contributed by atoms with Crippen molar-refractivity contribution in [2.45, 2.75) is 65.5 Å². The number of nitrogens with one attached hydrogen (secondary N) is 1. The first-order valence-electron chi connectivity index (χ1n) is 7.69. The van der Waals surface area contributed by atoms with Gasteiger partial charge in [-0.05, 0) is 30.6 Å². The predicted octanol–water partition coefficient (Wildman–Crippen LogP) is 2.18. The van der Waals surface area contributed by atoms with Gasteiger partial charge >= 0.3 is 0 Å². The summed E-state index contributed by atoms with van der Waals surface area (Å²) in [7, 11) is 0. The van der Waals surface area contributed by atoms with E-state index in [1.54, 1.807) is 0 Å². The molecule has 106 valence electrons. The van der Waals surface area contributed by atoms with E-state index in [0.717, 1.165) is 31.8 Å². The number of hydrogen-bond donors (Lipinski definition) is 1. The van der Waals surface area contributed by atoms with Crippen molar-refractivity contribution < 1.29 is 0 Å². The van der Waals surface area contributed by atoms with Crippen LogP contribution in [0, 0.1) is 11.3 Å². The van der Waals surface area contributed by atoms with Crippen LogP contribution in [0.4, 0.5) is 0 Å². The summed E-state index contributed by atoms with van der Waals surface area (Å²) in [6, 6.07) is 0.677. The largest absolute Gasteiger partial charge is 0.315 e. The molecule has 0 bridgehead atoms. The third kappa shape index (κ3) is 2.69. The van der Waals surface area contributed by atoms with E-state index in [1.807, 2.05) is 0 Å². The highest BCUT2D eigenvalue weighted by Crippen LogP contribution is 2.40. The molecule has 1 aromatic heterocycles. The molecule has 1 N–H and O–H groups in total. The topological polar surface area (TPSA) is 42.7 Å². The van der Waals surface area contributed by atoms with E-state index in [2.05, 4.69) is 40.9 Å². The SMILES string of the molecule is C[C@H]1CC(C)(C)C[C@H]1NCCc1nnc2n1CCC2. The Morgan fingerprint density at radius 3 is 2.89 bits per heavy atom. The van der Waals surface area contributed by atoms with Crippen LogP contribution in [0.1, 0.15) is 51.7 Å². The molecule has 4 nitrogen and oxygen atoms in total. The number of aromatic nitrogens is 3. The minimum atomic E-state index is 0.507. The van der Waals surface area contributed by atoms with Crippen molar-refractivity contribution in [3.8, 4) is 0 Å². The van der Waals surface area contributed by atoms with Crippen molar-refractivity contribution in [2.75, 3.05) is 6.54 Å². The highest BCUT2D eigenvalue weighted by atomic mass is 15.3. The van der Waals surface area contributed by atoms with Crippen LogP contribution in [0.3, 0.4) is 0 Å². The van der Waals surface area contributed by atoms with Crippen molar-refractivity contribution in [1.29, 1.82) is 0 Å². The van der Waals surface area contributed by atoms with Crippen LogP contribution in [0.2, 0.25) is 0 Å². The van der Waals surface area contributed by atoms with Crippen molar-refractivity contribution in [3.05, 3.63) is 11.6 Å². The molecule has 1 fully saturated rings. The summed E-state index contributed by atoms with van der Waals surface area (Å²) in [5, 5.41) is 12.3. The number of aryl methyl sites for hydroxylation is 1. The highest BCUT2D eigenvalue weighted by Gasteiger charge is 2.36. The average Bonchev–Trinajstić information content (AvgIpc) is 2.95. The molecule has 19 heavy (non-hydrogen) atoms. The van der Waals surface area contributed by atoms with Gasteiger partial charge in [0.05, 0.1) is 0 Å². The Bertz CT molecular complexity index is 449. The van der Waals surface area contributed by atoms with Crippen molar-refractivity contribution in [1.82, 2.24) is 20.1 Å². The lowest BCUT2D eigenvalue weighted by Crippen LogP contribution is -2.33. The molecule has 1 aromatic rings. The van der Waals surface area contributed by atoms with Crippen molar-refractivity contribution in [3.63, 3.8) is 0 Å². The zero-order valence-corrected chi connectivity index (χ0v) is 12.4. The van der Waals surface area contributed by atoms with Crippen molar-refractivity contribution in [2.24, 2.45) is 11.3 Å². The second-order valence-corrected chi connectivity index (χ2v) is 7.15. The Morgan fingerprint density at radius 1 is 1.32 bits per heavy atom. The van der Waals surface area contributed by atoms with Gasteiger partial charge in [0.2, 0.25) is 0 Å². The standard InChI is InChI=1S/C15H26N4/c1-11-9-15(2,3)10-12(11)16-7-6-14-18-17-13-5-4-8-19(13)14/h11-12,16H,4-10H2,1-3H3/t11-,12+/m0/s1. The molecule has 0 spiro atoms. The molecular formula is C15H26N4. The molecule has 3 rings (SSSR count). The van der Waals surface area contributed by atoms with Gasteiger partial charge in [-0.25, -0.2) is 0 Å². The molecule has 1 aliphatic carbocycles. The van der Waals surface area contributed by atoms with E-state index in [1.165, 1.54) is 30.9 Å². The number of fused-ring (bicyclic) bond motifs is 1. The first kappa shape index (κ1) is 13.1. The van der Waals surface area contributed by atoms with E-state index in [0.29, 0.717) is 11.5 Å². The predicted molar refractivity (Wildman–Crippen MR) is 76.0 cm³/mol. The number of hydrogen-bond acceptors (Lipinski definition) is 3. The smallest absolute Gasteiger partial charge is 0.134 e. The fourth-order valence-electron chi connectivity index (χ4n) is 3.93. The second kappa shape index (κ2) is 4.89. The Balaban J connectivity index is 1.51. The summed E-state index contributed by atoms with van der Waals surface area (Å²) >= 11 is 0. The van der Waals surface area contributed by atoms with Gasteiger partial charge in [0.1, 0.15) is 11.6 Å². The molecule has 0 radical (unpaired) electrons. The van der Waals surface area contributed by atoms with Gasteiger partial charge < -0.3 is 9.88 Å². The summed E-state index contributed by atoms with van der Waals surface area (Å²) in [5.41, 5.74) is 0.507. The van der Waals surface area contributed by atoms with Gasteiger partial charge in [-0.15, -0.1) is 10.2 Å². The van der Waals surface area contributed by atoms with Crippen LogP contribution >= 0.6 is 0 Å². The van der Waals surface area contributed by atoms with Gasteiger partial charge in [-0.3, -0.25) is 0 Å². The molecule has 2 atom stereocenters. The quantitative estimate of drug-likeness (QED) is 0.904. The molecular weight excluding hydrogens is 236 g/mol. The maximum absolute atomic E-state index is 4.32. The van der Waals surface area contributed by atoms with Gasteiger partial charge in [-0.1, -0.05) is 20.8 Å². The molecule has 0 amide bonds. The van der Waals surface area contributed by atoms with Crippen LogP contribution in [0.15, 0.2) is 0 Å². The molecule has 2 heterocycles. The summed E-state index contributed by atoms with van der Waals surface area (Å²) in [5.74, 6) is 3.15. The van der Waals surface area contributed by atoms with E-state index < -0.39 is 0 Å². The van der Waals surface area contributed by atoms with Gasteiger partial charge in [-0.2, -0.15) is 0 Å². The Labute approximate surface area is 116 Å². The van der Waals surface area contributed by atoms with Crippen LogP contribution in [0.5, 0.6) is 0 Å². The number of rotatable bonds is 4. The zero-order valence-electron chi connectivity index (χ0n) is 12.4. The average molecular weight is 262 g/mol. The fourth-order valence-corrected chi connectivity index (χ4v) is 3.93. The Morgan fingerprint density at radius 2 is 2.16 bits per heavy atom. The maximum atomic E-state index is 4.32. The van der Waals surface area contributed by atoms with E-state index in [4.69, 9.17) is 0 Å². The van der Waals surface area contributed by atoms with E-state index >= 15 is 0 Å². The molecule has 1 saturated carbocycles. The molecule has 0 saturated heterocycles. The van der Waals surface area contributed by atoms with E-state index in [9.17, 15) is 0 Å². The molecule has 0 unspecified atom stereocenters. The van der Waals surface area contributed by atoms with Gasteiger partial charge in [0.25, 0.3) is 0 Å². The molecule has 4 heteroatoms. The fraction of sp³-hybridized carbons (Fsp3) is 0.867. The van der Waals surface area contributed by atoms with E-state index in [-0.39, 0.29) is 0 Å². The zero-order chi connectivity index (χ0) is 13.5. The normalized spacial score (nSPS) is 28.8. The summed E-state index contributed by atoms with van der Waals surface area (Å²) < 4.78 is 2.31. The molecule has 2 aliphatic rings. The van der Waals surface area contributed by atoms with Gasteiger partial charge in [0.15, 0.2) is 0 Å². The number of nitrogens with zero attached hydrogens (tertiary/aromatic N) is 3. The minimum absolute atomic E-state index is 0.507. The van der Waals surface area contributed by atoms with Crippen LogP contribution in [-0.2, 0) is 19.4 Å². The monoisotopic (exact) mass is 262 g/mol. The lowest BCUT2D eigenvalue weighted by molar-refractivity contribution is 0.362. The molecule has 1 aliphatic heterocycles. The maximum Gasteiger partial charge on any atom is 0.134 e. The first-order valence-corrected chi connectivity index (χ1v) is 7.69. The van der Waals surface area contributed by atoms with Crippen LogP contribution in [0.25, 0.3) is 0 Å². The Kier molecular flexibility index (Phi) is 3.37. The third-order valence-electron chi connectivity index (χ3n) is 4.78.